The molecule has 0 aromatic carbocycles. The summed E-state index contributed by atoms with van der Waals surface area (Å²) >= 11 is 0. The zero-order valence-corrected chi connectivity index (χ0v) is 20.6. The van der Waals surface area contributed by atoms with E-state index in [4.69, 9.17) is 14.5 Å². The van der Waals surface area contributed by atoms with Gasteiger partial charge in [0.05, 0.1) is 18.3 Å². The zero-order valence-electron chi connectivity index (χ0n) is 18.6. The van der Waals surface area contributed by atoms with Gasteiger partial charge >= 0.3 is 29.6 Å². The van der Waals surface area contributed by atoms with E-state index in [1.165, 1.54) is 25.7 Å². The van der Waals surface area contributed by atoms with Crippen molar-refractivity contribution in [2.24, 2.45) is 0 Å². The molecule has 2 saturated heterocycles. The standard InChI is InChI=1S/C24H38O5.Na/c1-2-3-4-5-6-7-8-9-10-11-12-13-14-20-15-17-22(27-20)23-18-16-21(28-29-23)19-24(25)26;/h2,5-8,20-23H,1,3-4,9-19H2,(H,25,26);/q;+1/p-1/b6-5+,8-7-;/t20-,21-,22+,23-;/m0./s1. The first-order chi connectivity index (χ1) is 14.2. The van der Waals surface area contributed by atoms with Crippen LogP contribution in [0.4, 0.5) is 0 Å². The number of carbonyl (C=O) groups excluding carboxylic acids is 1. The van der Waals surface area contributed by atoms with Gasteiger partial charge in [-0.2, -0.15) is 0 Å². The van der Waals surface area contributed by atoms with Crippen LogP contribution in [0.1, 0.15) is 83.5 Å². The topological polar surface area (TPSA) is 67.8 Å². The van der Waals surface area contributed by atoms with Gasteiger partial charge in [0.25, 0.3) is 0 Å². The Balaban J connectivity index is 0.00000450. The van der Waals surface area contributed by atoms with Crippen molar-refractivity contribution in [3.05, 3.63) is 37.0 Å². The number of hydrogen-bond donors (Lipinski definition) is 0. The summed E-state index contributed by atoms with van der Waals surface area (Å²) in [6.45, 7) is 3.72. The van der Waals surface area contributed by atoms with E-state index in [1.807, 2.05) is 6.08 Å². The quantitative estimate of drug-likeness (QED) is 0.138. The summed E-state index contributed by atoms with van der Waals surface area (Å²) in [5.74, 6) is -1.10. The molecule has 2 fully saturated rings. The molecular weight excluding hydrogens is 391 g/mol. The molecule has 164 valence electrons. The molecule has 6 heteroatoms. The summed E-state index contributed by atoms with van der Waals surface area (Å²) in [6, 6.07) is 0. The predicted molar refractivity (Wildman–Crippen MR) is 112 cm³/mol. The van der Waals surface area contributed by atoms with Crippen molar-refractivity contribution in [1.82, 2.24) is 0 Å². The second kappa shape index (κ2) is 17.2. The van der Waals surface area contributed by atoms with Crippen molar-refractivity contribution in [3.8, 4) is 0 Å². The smallest absolute Gasteiger partial charge is 0.550 e. The average Bonchev–Trinajstić information content (AvgIpc) is 3.18. The Morgan fingerprint density at radius 1 is 0.867 bits per heavy atom. The van der Waals surface area contributed by atoms with Crippen molar-refractivity contribution in [2.75, 3.05) is 0 Å². The number of ether oxygens (including phenoxy) is 1. The van der Waals surface area contributed by atoms with E-state index in [0.717, 1.165) is 44.9 Å². The van der Waals surface area contributed by atoms with Crippen LogP contribution in [0.5, 0.6) is 0 Å². The average molecular weight is 429 g/mol. The van der Waals surface area contributed by atoms with Gasteiger partial charge in [0.1, 0.15) is 6.10 Å². The maximum atomic E-state index is 10.6. The second-order valence-corrected chi connectivity index (χ2v) is 8.09. The number of hydrogen-bond acceptors (Lipinski definition) is 5. The summed E-state index contributed by atoms with van der Waals surface area (Å²) in [5.41, 5.74) is 0. The zero-order chi connectivity index (χ0) is 20.7. The molecule has 0 N–H and O–H groups in total. The molecule has 0 aliphatic carbocycles. The molecule has 0 aromatic heterocycles. The fourth-order valence-corrected chi connectivity index (χ4v) is 3.94. The van der Waals surface area contributed by atoms with Gasteiger partial charge in [-0.15, -0.1) is 6.58 Å². The fraction of sp³-hybridized carbons (Fsp3) is 0.708. The summed E-state index contributed by atoms with van der Waals surface area (Å²) in [4.78, 5) is 21.2. The first-order valence-corrected chi connectivity index (χ1v) is 11.3. The van der Waals surface area contributed by atoms with E-state index < -0.39 is 12.1 Å². The van der Waals surface area contributed by atoms with E-state index >= 15 is 0 Å². The van der Waals surface area contributed by atoms with Crippen LogP contribution in [0.15, 0.2) is 37.0 Å². The van der Waals surface area contributed by atoms with Crippen LogP contribution in [-0.4, -0.2) is 30.4 Å². The van der Waals surface area contributed by atoms with Gasteiger partial charge in [0, 0.05) is 12.4 Å². The van der Waals surface area contributed by atoms with Gasteiger partial charge in [0.15, 0.2) is 0 Å². The molecule has 0 bridgehead atoms. The van der Waals surface area contributed by atoms with Crippen LogP contribution in [0.3, 0.4) is 0 Å². The molecule has 4 atom stereocenters. The van der Waals surface area contributed by atoms with Crippen LogP contribution in [0, 0.1) is 0 Å². The molecular formula is C24H37NaO5. The predicted octanol–water partition coefficient (Wildman–Crippen LogP) is 1.58. The summed E-state index contributed by atoms with van der Waals surface area (Å²) in [5, 5.41) is 10.6. The number of carbonyl (C=O) groups is 1. The van der Waals surface area contributed by atoms with Gasteiger partial charge in [0.2, 0.25) is 0 Å². The molecule has 5 nitrogen and oxygen atoms in total. The Hall–Kier alpha value is -0.430. The Morgan fingerprint density at radius 3 is 2.27 bits per heavy atom. The van der Waals surface area contributed by atoms with Gasteiger partial charge < -0.3 is 14.6 Å². The number of aliphatic carboxylic acids is 1. The van der Waals surface area contributed by atoms with Crippen molar-refractivity contribution < 1.29 is 54.0 Å². The van der Waals surface area contributed by atoms with Gasteiger partial charge in [-0.1, -0.05) is 49.6 Å². The maximum absolute atomic E-state index is 10.6. The third-order valence-electron chi connectivity index (χ3n) is 5.61. The summed E-state index contributed by atoms with van der Waals surface area (Å²) in [6.07, 6.45) is 23.4. The Morgan fingerprint density at radius 2 is 1.57 bits per heavy atom. The van der Waals surface area contributed by atoms with E-state index in [0.29, 0.717) is 12.5 Å². The molecule has 2 heterocycles. The Bertz CT molecular complexity index is 526. The monoisotopic (exact) mass is 428 g/mol. The van der Waals surface area contributed by atoms with Crippen LogP contribution in [0.2, 0.25) is 0 Å². The van der Waals surface area contributed by atoms with Crippen molar-refractivity contribution in [1.29, 1.82) is 0 Å². The minimum absolute atomic E-state index is 0. The number of carboxylic acids is 1. The minimum Gasteiger partial charge on any atom is -0.550 e. The first-order valence-electron chi connectivity index (χ1n) is 11.3. The number of carboxylic acid groups (broad SMARTS) is 1. The Kier molecular flexibility index (Phi) is 15.8. The Labute approximate surface area is 204 Å². The number of allylic oxidation sites excluding steroid dienone is 5. The summed E-state index contributed by atoms with van der Waals surface area (Å²) in [7, 11) is 0. The van der Waals surface area contributed by atoms with E-state index in [1.54, 1.807) is 0 Å². The molecule has 2 aliphatic heterocycles. The molecule has 0 radical (unpaired) electrons. The minimum atomic E-state index is -1.10. The first kappa shape index (κ1) is 27.6. The number of rotatable bonds is 14. The van der Waals surface area contributed by atoms with Crippen LogP contribution >= 0.6 is 0 Å². The van der Waals surface area contributed by atoms with Crippen molar-refractivity contribution >= 4 is 5.97 Å². The van der Waals surface area contributed by atoms with Crippen molar-refractivity contribution in [2.45, 2.75) is 108 Å². The molecule has 0 spiro atoms. The van der Waals surface area contributed by atoms with Crippen molar-refractivity contribution in [3.63, 3.8) is 0 Å². The molecule has 2 rings (SSSR count). The largest absolute Gasteiger partial charge is 1.00 e. The molecule has 30 heavy (non-hydrogen) atoms. The van der Waals surface area contributed by atoms with Gasteiger partial charge in [-0.3, -0.25) is 0 Å². The third kappa shape index (κ3) is 11.8. The van der Waals surface area contributed by atoms with Crippen LogP contribution in [0.25, 0.3) is 0 Å². The van der Waals surface area contributed by atoms with E-state index in [-0.39, 0.29) is 48.2 Å². The van der Waals surface area contributed by atoms with E-state index in [9.17, 15) is 9.90 Å². The van der Waals surface area contributed by atoms with Crippen LogP contribution < -0.4 is 34.7 Å². The molecule has 0 saturated carbocycles. The maximum Gasteiger partial charge on any atom is 1.00 e. The van der Waals surface area contributed by atoms with E-state index in [2.05, 4.69) is 30.9 Å². The van der Waals surface area contributed by atoms with Gasteiger partial charge in [-0.05, 0) is 57.8 Å². The molecule has 0 amide bonds. The normalized spacial score (nSPS) is 26.8. The molecule has 2 aliphatic rings. The second-order valence-electron chi connectivity index (χ2n) is 8.09. The third-order valence-corrected chi connectivity index (χ3v) is 5.61. The molecule has 0 unspecified atom stereocenters. The molecule has 0 aromatic rings. The van der Waals surface area contributed by atoms with Gasteiger partial charge in [-0.25, -0.2) is 9.78 Å². The van der Waals surface area contributed by atoms with Crippen LogP contribution in [-0.2, 0) is 19.3 Å². The fourth-order valence-electron chi connectivity index (χ4n) is 3.94. The SMILES string of the molecule is C=CCC/C=C/C=C\CCCCCC[C@H]1CC[C@H]([C@@H]2CC[C@@H](CC(=O)[O-])OO2)O1.[Na+]. The number of unbranched alkanes of at least 4 members (excludes halogenated alkanes) is 5. The summed E-state index contributed by atoms with van der Waals surface area (Å²) < 4.78 is 6.16.